The second-order valence-electron chi connectivity index (χ2n) is 3.60. The molecule has 0 aliphatic heterocycles. The maximum absolute atomic E-state index is 5.25. The van der Waals surface area contributed by atoms with Crippen molar-refractivity contribution in [1.29, 1.82) is 0 Å². The average molecular weight is 204 g/mol. The van der Waals surface area contributed by atoms with Gasteiger partial charge in [0.2, 0.25) is 0 Å². The number of thiol groups is 1. The van der Waals surface area contributed by atoms with Gasteiger partial charge < -0.3 is 4.74 Å². The lowest BCUT2D eigenvalue weighted by atomic mass is 10.1. The molecular formula is C11H24OS. The van der Waals surface area contributed by atoms with Crippen molar-refractivity contribution in [3.05, 3.63) is 0 Å². The van der Waals surface area contributed by atoms with Crippen LogP contribution in [-0.2, 0) is 4.74 Å². The van der Waals surface area contributed by atoms with Crippen LogP contribution in [0.3, 0.4) is 0 Å². The highest BCUT2D eigenvalue weighted by Crippen LogP contribution is 2.10. The number of unbranched alkanes of at least 4 members (excludes halogenated alkanes) is 5. The summed E-state index contributed by atoms with van der Waals surface area (Å²) in [5.41, 5.74) is 0. The minimum Gasteiger partial charge on any atom is -0.381 e. The molecule has 1 unspecified atom stereocenters. The number of rotatable bonds is 9. The lowest BCUT2D eigenvalue weighted by Gasteiger charge is -2.11. The lowest BCUT2D eigenvalue weighted by molar-refractivity contribution is 0.112. The van der Waals surface area contributed by atoms with Gasteiger partial charge in [0.1, 0.15) is 0 Å². The molecule has 0 saturated heterocycles. The molecule has 2 heteroatoms. The Morgan fingerprint density at radius 3 is 2.23 bits per heavy atom. The summed E-state index contributed by atoms with van der Waals surface area (Å²) in [6.07, 6.45) is 9.70. The van der Waals surface area contributed by atoms with E-state index in [0.717, 1.165) is 5.75 Å². The molecule has 0 spiro atoms. The van der Waals surface area contributed by atoms with Crippen molar-refractivity contribution < 1.29 is 4.74 Å². The first-order chi connectivity index (χ1) is 6.35. The number of methoxy groups -OCH3 is 1. The van der Waals surface area contributed by atoms with E-state index in [1.807, 2.05) is 0 Å². The van der Waals surface area contributed by atoms with E-state index in [1.165, 1.54) is 44.9 Å². The molecule has 0 fully saturated rings. The van der Waals surface area contributed by atoms with Crippen molar-refractivity contribution in [2.24, 2.45) is 0 Å². The van der Waals surface area contributed by atoms with E-state index in [9.17, 15) is 0 Å². The van der Waals surface area contributed by atoms with Gasteiger partial charge in [0.05, 0.1) is 6.10 Å². The molecule has 0 bridgehead atoms. The standard InChI is InChI=1S/C11H24OS/c1-3-4-5-6-7-8-9-11(10-13)12-2/h11,13H,3-10H2,1-2H3. The van der Waals surface area contributed by atoms with Crippen molar-refractivity contribution >= 4 is 12.6 Å². The smallest absolute Gasteiger partial charge is 0.0659 e. The van der Waals surface area contributed by atoms with Gasteiger partial charge in [-0.1, -0.05) is 45.4 Å². The van der Waals surface area contributed by atoms with Gasteiger partial charge in [-0.15, -0.1) is 0 Å². The first kappa shape index (κ1) is 13.3. The molecule has 0 aromatic heterocycles. The summed E-state index contributed by atoms with van der Waals surface area (Å²) >= 11 is 4.23. The van der Waals surface area contributed by atoms with Crippen molar-refractivity contribution in [2.45, 2.75) is 58.0 Å². The van der Waals surface area contributed by atoms with Crippen molar-refractivity contribution in [3.8, 4) is 0 Å². The van der Waals surface area contributed by atoms with Crippen molar-refractivity contribution in [3.63, 3.8) is 0 Å². The fourth-order valence-corrected chi connectivity index (χ4v) is 1.77. The Labute approximate surface area is 88.7 Å². The van der Waals surface area contributed by atoms with E-state index < -0.39 is 0 Å². The molecule has 0 heterocycles. The third kappa shape index (κ3) is 8.63. The molecule has 0 radical (unpaired) electrons. The van der Waals surface area contributed by atoms with E-state index >= 15 is 0 Å². The van der Waals surface area contributed by atoms with Gasteiger partial charge >= 0.3 is 0 Å². The minimum atomic E-state index is 0.370. The lowest BCUT2D eigenvalue weighted by Crippen LogP contribution is -2.11. The van der Waals surface area contributed by atoms with E-state index in [-0.39, 0.29) is 0 Å². The molecule has 80 valence electrons. The largest absolute Gasteiger partial charge is 0.381 e. The van der Waals surface area contributed by atoms with Gasteiger partial charge in [0, 0.05) is 12.9 Å². The Morgan fingerprint density at radius 2 is 1.69 bits per heavy atom. The van der Waals surface area contributed by atoms with Gasteiger partial charge in [-0.2, -0.15) is 12.6 Å². The predicted molar refractivity (Wildman–Crippen MR) is 62.6 cm³/mol. The number of ether oxygens (including phenoxy) is 1. The van der Waals surface area contributed by atoms with Crippen LogP contribution in [0.5, 0.6) is 0 Å². The first-order valence-electron chi connectivity index (χ1n) is 5.48. The Kier molecular flexibility index (Phi) is 10.6. The normalized spacial score (nSPS) is 13.2. The van der Waals surface area contributed by atoms with Crippen LogP contribution in [0.25, 0.3) is 0 Å². The first-order valence-corrected chi connectivity index (χ1v) is 6.12. The summed E-state index contributed by atoms with van der Waals surface area (Å²) in [7, 11) is 1.78. The van der Waals surface area contributed by atoms with E-state index in [4.69, 9.17) is 4.74 Å². The summed E-state index contributed by atoms with van der Waals surface area (Å²) in [6.45, 7) is 2.25. The van der Waals surface area contributed by atoms with Gasteiger partial charge in [-0.25, -0.2) is 0 Å². The van der Waals surface area contributed by atoms with E-state index in [1.54, 1.807) is 7.11 Å². The number of hydrogen-bond donors (Lipinski definition) is 1. The molecule has 0 amide bonds. The molecule has 0 aromatic rings. The maximum Gasteiger partial charge on any atom is 0.0659 e. The Hall–Kier alpha value is 0.310. The zero-order valence-electron chi connectivity index (χ0n) is 9.09. The summed E-state index contributed by atoms with van der Waals surface area (Å²) < 4.78 is 5.25. The van der Waals surface area contributed by atoms with E-state index in [2.05, 4.69) is 19.6 Å². The summed E-state index contributed by atoms with van der Waals surface area (Å²) in [5.74, 6) is 0.853. The fraction of sp³-hybridized carbons (Fsp3) is 1.00. The third-order valence-corrected chi connectivity index (χ3v) is 2.82. The molecule has 0 aliphatic carbocycles. The van der Waals surface area contributed by atoms with Crippen molar-refractivity contribution in [1.82, 2.24) is 0 Å². The average Bonchev–Trinajstić information content (AvgIpc) is 2.17. The van der Waals surface area contributed by atoms with Crippen LogP contribution in [0.1, 0.15) is 51.9 Å². The van der Waals surface area contributed by atoms with Gasteiger partial charge in [0.15, 0.2) is 0 Å². The van der Waals surface area contributed by atoms with Crippen LogP contribution in [0, 0.1) is 0 Å². The van der Waals surface area contributed by atoms with Crippen LogP contribution >= 0.6 is 12.6 Å². The molecular weight excluding hydrogens is 180 g/mol. The molecule has 0 N–H and O–H groups in total. The van der Waals surface area contributed by atoms with E-state index in [0.29, 0.717) is 6.10 Å². The molecule has 13 heavy (non-hydrogen) atoms. The van der Waals surface area contributed by atoms with Gasteiger partial charge in [-0.3, -0.25) is 0 Å². The molecule has 0 saturated carbocycles. The maximum atomic E-state index is 5.25. The minimum absolute atomic E-state index is 0.370. The van der Waals surface area contributed by atoms with Gasteiger partial charge in [-0.05, 0) is 6.42 Å². The van der Waals surface area contributed by atoms with Crippen LogP contribution in [-0.4, -0.2) is 19.0 Å². The van der Waals surface area contributed by atoms with Crippen LogP contribution in [0.4, 0.5) is 0 Å². The molecule has 0 aliphatic rings. The molecule has 0 rings (SSSR count). The van der Waals surface area contributed by atoms with Crippen molar-refractivity contribution in [2.75, 3.05) is 12.9 Å². The van der Waals surface area contributed by atoms with Crippen LogP contribution in [0.15, 0.2) is 0 Å². The highest BCUT2D eigenvalue weighted by atomic mass is 32.1. The second kappa shape index (κ2) is 10.4. The predicted octanol–water partition coefficient (Wildman–Crippen LogP) is 3.68. The SMILES string of the molecule is CCCCCCCCC(CS)OC. The zero-order valence-corrected chi connectivity index (χ0v) is 9.98. The quantitative estimate of drug-likeness (QED) is 0.445. The number of hydrogen-bond acceptors (Lipinski definition) is 2. The topological polar surface area (TPSA) is 9.23 Å². The summed E-state index contributed by atoms with van der Waals surface area (Å²) in [4.78, 5) is 0. The van der Waals surface area contributed by atoms with Gasteiger partial charge in [0.25, 0.3) is 0 Å². The Bertz CT molecular complexity index is 92.1. The molecule has 1 nitrogen and oxygen atoms in total. The molecule has 0 aromatic carbocycles. The second-order valence-corrected chi connectivity index (χ2v) is 3.96. The fourth-order valence-electron chi connectivity index (χ4n) is 1.44. The summed E-state index contributed by atoms with van der Waals surface area (Å²) in [5, 5.41) is 0. The highest BCUT2D eigenvalue weighted by molar-refractivity contribution is 7.80. The highest BCUT2D eigenvalue weighted by Gasteiger charge is 2.02. The summed E-state index contributed by atoms with van der Waals surface area (Å²) in [6, 6.07) is 0. The third-order valence-electron chi connectivity index (χ3n) is 2.42. The Morgan fingerprint density at radius 1 is 1.08 bits per heavy atom. The monoisotopic (exact) mass is 204 g/mol. The molecule has 1 atom stereocenters. The van der Waals surface area contributed by atoms with Crippen LogP contribution < -0.4 is 0 Å². The zero-order chi connectivity index (χ0) is 9.94. The van der Waals surface area contributed by atoms with Crippen LogP contribution in [0.2, 0.25) is 0 Å². The Balaban J connectivity index is 3.05.